The molecule has 10 heteroatoms. The van der Waals surface area contributed by atoms with Crippen molar-refractivity contribution in [3.8, 4) is 17.0 Å². The molecular formula is C17H14F5N3O2. The molecule has 1 aromatic carbocycles. The topological polar surface area (TPSA) is 48.7 Å². The van der Waals surface area contributed by atoms with E-state index in [1.807, 2.05) is 0 Å². The molecule has 0 radical (unpaired) electrons. The lowest BCUT2D eigenvalue weighted by atomic mass is 10.0. The van der Waals surface area contributed by atoms with E-state index in [1.54, 1.807) is 0 Å². The summed E-state index contributed by atoms with van der Waals surface area (Å²) in [7, 11) is 1.38. The zero-order valence-electron chi connectivity index (χ0n) is 14.2. The molecule has 0 saturated heterocycles. The summed E-state index contributed by atoms with van der Waals surface area (Å²) in [5.74, 6) is -3.56. The fourth-order valence-electron chi connectivity index (χ4n) is 2.62. The molecular weight excluding hydrogens is 373 g/mol. The second kappa shape index (κ2) is 6.76. The summed E-state index contributed by atoms with van der Waals surface area (Å²) in [5.41, 5.74) is 0.689. The number of fused-ring (bicyclic) bond motifs is 1. The van der Waals surface area contributed by atoms with Crippen molar-refractivity contribution in [3.05, 3.63) is 47.8 Å². The summed E-state index contributed by atoms with van der Waals surface area (Å²) in [5, 5.41) is 3.84. The number of alkyl halides is 5. The number of hydrogen-bond acceptors (Lipinski definition) is 4. The maximum absolute atomic E-state index is 13.7. The summed E-state index contributed by atoms with van der Waals surface area (Å²) < 4.78 is 74.9. The molecule has 0 saturated carbocycles. The lowest BCUT2D eigenvalue weighted by molar-refractivity contribution is -0.274. The number of nitrogens with zero attached hydrogens (tertiary/aromatic N) is 3. The molecule has 3 rings (SSSR count). The second-order valence-electron chi connectivity index (χ2n) is 5.83. The number of benzene rings is 1. The molecule has 27 heavy (non-hydrogen) atoms. The van der Waals surface area contributed by atoms with Crippen LogP contribution in [0.5, 0.6) is 5.75 Å². The highest BCUT2D eigenvalue weighted by Crippen LogP contribution is 2.33. The smallest absolute Gasteiger partial charge is 0.406 e. The summed E-state index contributed by atoms with van der Waals surface area (Å²) in [6.07, 6.45) is -2.35. The number of rotatable bonds is 5. The average molecular weight is 387 g/mol. The van der Waals surface area contributed by atoms with Gasteiger partial charge in [-0.05, 0) is 29.8 Å². The number of aromatic nitrogens is 3. The molecule has 5 nitrogen and oxygen atoms in total. The molecule has 0 aliphatic heterocycles. The molecule has 0 unspecified atom stereocenters. The van der Waals surface area contributed by atoms with Gasteiger partial charge in [-0.15, -0.1) is 13.2 Å². The van der Waals surface area contributed by atoms with Crippen molar-refractivity contribution in [2.24, 2.45) is 0 Å². The minimum Gasteiger partial charge on any atom is -0.406 e. The van der Waals surface area contributed by atoms with Crippen molar-refractivity contribution in [1.29, 1.82) is 0 Å². The predicted octanol–water partition coefficient (Wildman–Crippen LogP) is 4.55. The zero-order chi connectivity index (χ0) is 19.8. The quantitative estimate of drug-likeness (QED) is 0.603. The molecule has 0 spiro atoms. The standard InChI is InChI=1S/C17H14F5N3O2/c1-16(18,19)13-8-23-25-6-5-14(24-15(13)25)12-4-3-11(27-17(20,21)22)7-10(12)9-26-2/h3-8H,9H2,1-2H3. The van der Waals surface area contributed by atoms with E-state index in [-0.39, 0.29) is 17.8 Å². The van der Waals surface area contributed by atoms with Gasteiger partial charge in [-0.1, -0.05) is 0 Å². The van der Waals surface area contributed by atoms with Crippen LogP contribution in [-0.4, -0.2) is 28.1 Å². The van der Waals surface area contributed by atoms with Crippen molar-refractivity contribution in [2.75, 3.05) is 7.11 Å². The predicted molar refractivity (Wildman–Crippen MR) is 85.4 cm³/mol. The Labute approximate surface area is 150 Å². The minimum atomic E-state index is -4.83. The van der Waals surface area contributed by atoms with E-state index in [9.17, 15) is 22.0 Å². The van der Waals surface area contributed by atoms with E-state index in [2.05, 4.69) is 14.8 Å². The van der Waals surface area contributed by atoms with Crippen LogP contribution in [0.4, 0.5) is 22.0 Å². The van der Waals surface area contributed by atoms with Crippen LogP contribution in [0.3, 0.4) is 0 Å². The Kier molecular flexibility index (Phi) is 4.77. The van der Waals surface area contributed by atoms with Crippen molar-refractivity contribution < 1.29 is 31.4 Å². The maximum Gasteiger partial charge on any atom is 0.573 e. The Hall–Kier alpha value is -2.75. The van der Waals surface area contributed by atoms with E-state index in [0.29, 0.717) is 16.8 Å². The highest BCUT2D eigenvalue weighted by molar-refractivity contribution is 5.67. The first kappa shape index (κ1) is 19.0. The summed E-state index contributed by atoms with van der Waals surface area (Å²) in [4.78, 5) is 4.22. The molecule has 0 amide bonds. The van der Waals surface area contributed by atoms with Crippen molar-refractivity contribution in [2.45, 2.75) is 25.8 Å². The Morgan fingerprint density at radius 3 is 2.48 bits per heavy atom. The average Bonchev–Trinajstić information content (AvgIpc) is 2.97. The van der Waals surface area contributed by atoms with E-state index < -0.39 is 18.0 Å². The molecule has 0 aliphatic carbocycles. The van der Waals surface area contributed by atoms with Crippen molar-refractivity contribution in [3.63, 3.8) is 0 Å². The van der Waals surface area contributed by atoms with Gasteiger partial charge in [0, 0.05) is 25.8 Å². The highest BCUT2D eigenvalue weighted by Gasteiger charge is 2.32. The van der Waals surface area contributed by atoms with Gasteiger partial charge in [0.05, 0.1) is 24.1 Å². The van der Waals surface area contributed by atoms with Gasteiger partial charge in [0.25, 0.3) is 5.92 Å². The molecule has 3 aromatic rings. The first-order chi connectivity index (χ1) is 12.6. The molecule has 2 heterocycles. The maximum atomic E-state index is 13.7. The lowest BCUT2D eigenvalue weighted by Gasteiger charge is -2.14. The highest BCUT2D eigenvalue weighted by atomic mass is 19.4. The normalized spacial score (nSPS) is 12.6. The lowest BCUT2D eigenvalue weighted by Crippen LogP contribution is -2.17. The van der Waals surface area contributed by atoms with Gasteiger partial charge >= 0.3 is 6.36 Å². The van der Waals surface area contributed by atoms with Crippen LogP contribution in [0.2, 0.25) is 0 Å². The van der Waals surface area contributed by atoms with Crippen LogP contribution in [-0.2, 0) is 17.3 Å². The Balaban J connectivity index is 2.09. The van der Waals surface area contributed by atoms with Gasteiger partial charge < -0.3 is 9.47 Å². The minimum absolute atomic E-state index is 0.0205. The Bertz CT molecular complexity index is 963. The number of methoxy groups -OCH3 is 1. The van der Waals surface area contributed by atoms with Gasteiger partial charge in [-0.2, -0.15) is 5.10 Å². The van der Waals surface area contributed by atoms with Crippen molar-refractivity contribution in [1.82, 2.24) is 14.6 Å². The third-order valence-electron chi connectivity index (χ3n) is 3.73. The van der Waals surface area contributed by atoms with Crippen LogP contribution in [0.25, 0.3) is 16.9 Å². The van der Waals surface area contributed by atoms with Gasteiger partial charge in [0.15, 0.2) is 5.65 Å². The zero-order valence-corrected chi connectivity index (χ0v) is 14.2. The number of halogens is 5. The van der Waals surface area contributed by atoms with E-state index >= 15 is 0 Å². The number of ether oxygens (including phenoxy) is 2. The van der Waals surface area contributed by atoms with Crippen molar-refractivity contribution >= 4 is 5.65 Å². The third-order valence-corrected chi connectivity index (χ3v) is 3.73. The summed E-state index contributed by atoms with van der Waals surface area (Å²) in [6, 6.07) is 5.19. The molecule has 2 aromatic heterocycles. The summed E-state index contributed by atoms with van der Waals surface area (Å²) in [6.45, 7) is 0.714. The Morgan fingerprint density at radius 2 is 1.85 bits per heavy atom. The van der Waals surface area contributed by atoms with Gasteiger partial charge in [0.2, 0.25) is 0 Å². The monoisotopic (exact) mass is 387 g/mol. The van der Waals surface area contributed by atoms with Crippen LogP contribution >= 0.6 is 0 Å². The molecule has 0 bridgehead atoms. The largest absolute Gasteiger partial charge is 0.573 e. The van der Waals surface area contributed by atoms with Crippen LogP contribution in [0.15, 0.2) is 36.7 Å². The molecule has 0 atom stereocenters. The Morgan fingerprint density at radius 1 is 1.11 bits per heavy atom. The number of hydrogen-bond donors (Lipinski definition) is 0. The second-order valence-corrected chi connectivity index (χ2v) is 5.83. The van der Waals surface area contributed by atoms with Crippen LogP contribution in [0, 0.1) is 0 Å². The summed E-state index contributed by atoms with van der Waals surface area (Å²) >= 11 is 0. The fourth-order valence-corrected chi connectivity index (χ4v) is 2.62. The first-order valence-corrected chi connectivity index (χ1v) is 7.69. The fraction of sp³-hybridized carbons (Fsp3) is 0.294. The third kappa shape index (κ3) is 4.16. The molecule has 0 fully saturated rings. The van der Waals surface area contributed by atoms with Gasteiger partial charge in [-0.25, -0.2) is 18.3 Å². The molecule has 144 valence electrons. The van der Waals surface area contributed by atoms with E-state index in [1.165, 1.54) is 36.0 Å². The van der Waals surface area contributed by atoms with Gasteiger partial charge in [-0.3, -0.25) is 0 Å². The van der Waals surface area contributed by atoms with E-state index in [0.717, 1.165) is 19.2 Å². The van der Waals surface area contributed by atoms with Gasteiger partial charge in [0.1, 0.15) is 5.75 Å². The van der Waals surface area contributed by atoms with E-state index in [4.69, 9.17) is 4.74 Å². The SMILES string of the molecule is COCc1cc(OC(F)(F)F)ccc1-c1ccn2ncc(C(C)(F)F)c2n1. The molecule has 0 N–H and O–H groups in total. The molecule has 0 aliphatic rings. The first-order valence-electron chi connectivity index (χ1n) is 7.69. The van der Waals surface area contributed by atoms with Crippen LogP contribution in [0.1, 0.15) is 18.1 Å². The van der Waals surface area contributed by atoms with Crippen LogP contribution < -0.4 is 4.74 Å².